The van der Waals surface area contributed by atoms with E-state index in [4.69, 9.17) is 0 Å². The predicted octanol–water partition coefficient (Wildman–Crippen LogP) is 3.38. The van der Waals surface area contributed by atoms with Crippen molar-refractivity contribution in [3.05, 3.63) is 65.2 Å². The summed E-state index contributed by atoms with van der Waals surface area (Å²) in [5, 5.41) is 0. The number of halogens is 3. The number of alkyl halides is 3. The second kappa shape index (κ2) is 6.87. The number of nitrogens with zero attached hydrogens (tertiary/aromatic N) is 1. The minimum Gasteiger partial charge on any atom is -0.337 e. The van der Waals surface area contributed by atoms with Gasteiger partial charge < -0.3 is 4.90 Å². The van der Waals surface area contributed by atoms with Crippen molar-refractivity contribution < 1.29 is 26.4 Å². The fourth-order valence-corrected chi connectivity index (χ4v) is 3.20. The largest absolute Gasteiger partial charge is 0.416 e. The van der Waals surface area contributed by atoms with Gasteiger partial charge in [-0.1, -0.05) is 24.3 Å². The minimum absolute atomic E-state index is 0.0272. The van der Waals surface area contributed by atoms with Crippen molar-refractivity contribution in [2.75, 3.05) is 13.3 Å². The molecule has 0 saturated carbocycles. The predicted molar refractivity (Wildman–Crippen MR) is 86.8 cm³/mol. The Labute approximate surface area is 143 Å². The average molecular weight is 371 g/mol. The highest BCUT2D eigenvalue weighted by atomic mass is 32.2. The third-order valence-electron chi connectivity index (χ3n) is 3.56. The summed E-state index contributed by atoms with van der Waals surface area (Å²) in [5.74, 6) is -0.527. The molecule has 0 spiro atoms. The summed E-state index contributed by atoms with van der Waals surface area (Å²) in [5.41, 5.74) is -0.243. The molecule has 0 aliphatic heterocycles. The van der Waals surface area contributed by atoms with Gasteiger partial charge in [0.15, 0.2) is 9.84 Å². The highest BCUT2D eigenvalue weighted by Crippen LogP contribution is 2.29. The van der Waals surface area contributed by atoms with Crippen LogP contribution in [0.1, 0.15) is 21.5 Å². The Balaban J connectivity index is 2.22. The molecule has 4 nitrogen and oxygen atoms in total. The molecule has 0 atom stereocenters. The Kier molecular flexibility index (Phi) is 5.22. The Bertz CT molecular complexity index is 875. The summed E-state index contributed by atoms with van der Waals surface area (Å²) in [7, 11) is -2.12. The van der Waals surface area contributed by atoms with Crippen molar-refractivity contribution in [1.82, 2.24) is 4.90 Å². The molecular formula is C17H16F3NO3S. The third-order valence-corrected chi connectivity index (χ3v) is 4.72. The second-order valence-corrected chi connectivity index (χ2v) is 7.61. The lowest BCUT2D eigenvalue weighted by atomic mass is 10.1. The van der Waals surface area contributed by atoms with Crippen molar-refractivity contribution in [1.29, 1.82) is 0 Å². The monoisotopic (exact) mass is 371 g/mol. The first-order chi connectivity index (χ1) is 11.5. The first kappa shape index (κ1) is 19.0. The number of benzene rings is 2. The van der Waals surface area contributed by atoms with Crippen LogP contribution in [0.3, 0.4) is 0 Å². The molecule has 134 valence electrons. The van der Waals surface area contributed by atoms with Crippen LogP contribution in [0.2, 0.25) is 0 Å². The maximum absolute atomic E-state index is 12.6. The van der Waals surface area contributed by atoms with E-state index in [-0.39, 0.29) is 17.0 Å². The van der Waals surface area contributed by atoms with Crippen molar-refractivity contribution in [3.63, 3.8) is 0 Å². The summed E-state index contributed by atoms with van der Waals surface area (Å²) >= 11 is 0. The first-order valence-electron chi connectivity index (χ1n) is 7.21. The van der Waals surface area contributed by atoms with Crippen LogP contribution in [-0.2, 0) is 22.6 Å². The van der Waals surface area contributed by atoms with Gasteiger partial charge in [-0.25, -0.2) is 8.42 Å². The van der Waals surface area contributed by atoms with Crippen LogP contribution in [0.25, 0.3) is 0 Å². The van der Waals surface area contributed by atoms with Crippen LogP contribution in [0.15, 0.2) is 53.4 Å². The third kappa shape index (κ3) is 4.60. The van der Waals surface area contributed by atoms with Gasteiger partial charge in [0.25, 0.3) is 5.91 Å². The molecule has 2 aromatic rings. The number of carbonyl (C=O) groups is 1. The molecule has 0 radical (unpaired) electrons. The van der Waals surface area contributed by atoms with Crippen LogP contribution in [0.4, 0.5) is 13.2 Å². The summed E-state index contributed by atoms with van der Waals surface area (Å²) in [6.07, 6.45) is -3.41. The zero-order valence-corrected chi connectivity index (χ0v) is 14.4. The average Bonchev–Trinajstić information content (AvgIpc) is 2.53. The second-order valence-electron chi connectivity index (χ2n) is 5.62. The van der Waals surface area contributed by atoms with Crippen molar-refractivity contribution in [2.45, 2.75) is 17.6 Å². The van der Waals surface area contributed by atoms with Gasteiger partial charge in [0.2, 0.25) is 0 Å². The van der Waals surface area contributed by atoms with E-state index in [0.29, 0.717) is 5.56 Å². The van der Waals surface area contributed by atoms with Crippen molar-refractivity contribution in [3.8, 4) is 0 Å². The van der Waals surface area contributed by atoms with Crippen molar-refractivity contribution >= 4 is 15.7 Å². The van der Waals surface area contributed by atoms with Gasteiger partial charge in [0.1, 0.15) is 0 Å². The molecule has 0 saturated heterocycles. The molecule has 8 heteroatoms. The molecular weight excluding hydrogens is 355 g/mol. The Morgan fingerprint density at radius 2 is 1.60 bits per heavy atom. The quantitative estimate of drug-likeness (QED) is 0.828. The summed E-state index contributed by atoms with van der Waals surface area (Å²) in [6.45, 7) is 0.0507. The Morgan fingerprint density at radius 1 is 1.04 bits per heavy atom. The van der Waals surface area contributed by atoms with Gasteiger partial charge in [0, 0.05) is 19.8 Å². The van der Waals surface area contributed by atoms with Gasteiger partial charge >= 0.3 is 6.18 Å². The smallest absolute Gasteiger partial charge is 0.337 e. The fraction of sp³-hybridized carbons (Fsp3) is 0.235. The van der Waals surface area contributed by atoms with E-state index in [1.54, 1.807) is 6.07 Å². The van der Waals surface area contributed by atoms with Crippen LogP contribution in [0, 0.1) is 0 Å². The number of carbonyl (C=O) groups excluding carboxylic acids is 1. The normalized spacial score (nSPS) is 12.0. The maximum atomic E-state index is 12.6. The van der Waals surface area contributed by atoms with Gasteiger partial charge in [0.05, 0.1) is 16.0 Å². The molecule has 0 bridgehead atoms. The van der Waals surface area contributed by atoms with Crippen LogP contribution in [0.5, 0.6) is 0 Å². The van der Waals surface area contributed by atoms with E-state index in [0.717, 1.165) is 18.4 Å². The molecule has 0 aliphatic carbocycles. The van der Waals surface area contributed by atoms with E-state index >= 15 is 0 Å². The number of amides is 1. The van der Waals surface area contributed by atoms with Crippen LogP contribution >= 0.6 is 0 Å². The standard InChI is InChI=1S/C17H16F3NO3S/c1-21(11-12-7-9-13(10-8-12)17(18,19)20)16(22)14-5-3-4-6-15(14)25(2,23)24/h3-10H,11H2,1-2H3. The van der Waals surface area contributed by atoms with E-state index in [1.807, 2.05) is 0 Å². The Morgan fingerprint density at radius 3 is 2.12 bits per heavy atom. The van der Waals surface area contributed by atoms with Gasteiger partial charge in [-0.15, -0.1) is 0 Å². The molecule has 0 fully saturated rings. The number of hydrogen-bond donors (Lipinski definition) is 0. The molecule has 1 amide bonds. The number of hydrogen-bond acceptors (Lipinski definition) is 3. The maximum Gasteiger partial charge on any atom is 0.416 e. The van der Waals surface area contributed by atoms with Crippen LogP contribution < -0.4 is 0 Å². The molecule has 0 aliphatic rings. The highest BCUT2D eigenvalue weighted by Gasteiger charge is 2.30. The van der Waals surface area contributed by atoms with E-state index in [1.165, 1.54) is 42.3 Å². The van der Waals surface area contributed by atoms with Gasteiger partial charge in [-0.05, 0) is 29.8 Å². The molecule has 2 rings (SSSR count). The number of rotatable bonds is 4. The van der Waals surface area contributed by atoms with Gasteiger partial charge in [-0.3, -0.25) is 4.79 Å². The highest BCUT2D eigenvalue weighted by molar-refractivity contribution is 7.90. The van der Waals surface area contributed by atoms with Crippen molar-refractivity contribution in [2.24, 2.45) is 0 Å². The fourth-order valence-electron chi connectivity index (χ4n) is 2.32. The summed E-state index contributed by atoms with van der Waals surface area (Å²) < 4.78 is 61.3. The SMILES string of the molecule is CN(Cc1ccc(C(F)(F)F)cc1)C(=O)c1ccccc1S(C)(=O)=O. The minimum atomic E-state index is -4.42. The topological polar surface area (TPSA) is 54.5 Å². The molecule has 0 aromatic heterocycles. The molecule has 2 aromatic carbocycles. The number of sulfone groups is 1. The summed E-state index contributed by atoms with van der Waals surface area (Å²) in [4.78, 5) is 13.7. The lowest BCUT2D eigenvalue weighted by Gasteiger charge is -2.19. The lowest BCUT2D eigenvalue weighted by molar-refractivity contribution is -0.137. The van der Waals surface area contributed by atoms with Gasteiger partial charge in [-0.2, -0.15) is 13.2 Å². The molecule has 25 heavy (non-hydrogen) atoms. The van der Waals surface area contributed by atoms with E-state index < -0.39 is 27.5 Å². The zero-order chi connectivity index (χ0) is 18.8. The first-order valence-corrected chi connectivity index (χ1v) is 9.10. The summed E-state index contributed by atoms with van der Waals surface area (Å²) in [6, 6.07) is 10.3. The zero-order valence-electron chi connectivity index (χ0n) is 13.5. The molecule has 0 unspecified atom stereocenters. The molecule has 0 heterocycles. The Hall–Kier alpha value is -2.35. The lowest BCUT2D eigenvalue weighted by Crippen LogP contribution is -2.27. The van der Waals surface area contributed by atoms with Crippen LogP contribution in [-0.4, -0.2) is 32.5 Å². The van der Waals surface area contributed by atoms with E-state index in [2.05, 4.69) is 0 Å². The molecule has 0 N–H and O–H groups in total. The van der Waals surface area contributed by atoms with E-state index in [9.17, 15) is 26.4 Å².